The van der Waals surface area contributed by atoms with Gasteiger partial charge in [0.1, 0.15) is 5.75 Å². The molecule has 0 unspecified atom stereocenters. The summed E-state index contributed by atoms with van der Waals surface area (Å²) in [7, 11) is 0. The van der Waals surface area contributed by atoms with Crippen LogP contribution in [-0.4, -0.2) is 13.2 Å². The highest BCUT2D eigenvalue weighted by molar-refractivity contribution is 5.28. The van der Waals surface area contributed by atoms with E-state index in [0.717, 1.165) is 25.4 Å². The number of ether oxygens (including phenoxy) is 1. The third-order valence-corrected chi connectivity index (χ3v) is 2.10. The zero-order valence-corrected chi connectivity index (χ0v) is 10.2. The first kappa shape index (κ1) is 12.8. The zero-order valence-electron chi connectivity index (χ0n) is 10.2. The van der Waals surface area contributed by atoms with Crippen molar-refractivity contribution in [1.82, 2.24) is 5.32 Å². The zero-order chi connectivity index (χ0) is 11.8. The van der Waals surface area contributed by atoms with Gasteiger partial charge in [0.2, 0.25) is 0 Å². The van der Waals surface area contributed by atoms with E-state index in [1.54, 1.807) is 0 Å². The van der Waals surface area contributed by atoms with E-state index in [4.69, 9.17) is 4.74 Å². The summed E-state index contributed by atoms with van der Waals surface area (Å²) in [6.45, 7) is 10.4. The molecule has 0 spiro atoms. The highest BCUT2D eigenvalue weighted by atomic mass is 16.5. The molecule has 0 amide bonds. The van der Waals surface area contributed by atoms with Gasteiger partial charge in [0.05, 0.1) is 6.61 Å². The van der Waals surface area contributed by atoms with Gasteiger partial charge < -0.3 is 10.1 Å². The number of rotatable bonds is 7. The van der Waals surface area contributed by atoms with Crippen LogP contribution in [-0.2, 0) is 6.54 Å². The van der Waals surface area contributed by atoms with Crippen LogP contribution in [0.4, 0.5) is 0 Å². The minimum absolute atomic E-state index is 0.558. The Morgan fingerprint density at radius 1 is 1.44 bits per heavy atom. The molecule has 1 aromatic rings. The maximum Gasteiger partial charge on any atom is 0.119 e. The lowest BCUT2D eigenvalue weighted by atomic mass is 10.2. The summed E-state index contributed by atoms with van der Waals surface area (Å²) in [6, 6.07) is 8.21. The van der Waals surface area contributed by atoms with E-state index in [9.17, 15) is 0 Å². The first-order valence-electron chi connectivity index (χ1n) is 5.75. The first-order valence-corrected chi connectivity index (χ1v) is 5.75. The molecule has 0 heterocycles. The Balaban J connectivity index is 2.46. The van der Waals surface area contributed by atoms with Crippen molar-refractivity contribution in [1.29, 1.82) is 0 Å². The smallest absolute Gasteiger partial charge is 0.119 e. The van der Waals surface area contributed by atoms with Crippen LogP contribution in [0.15, 0.2) is 36.9 Å². The van der Waals surface area contributed by atoms with E-state index < -0.39 is 0 Å². The third-order valence-electron chi connectivity index (χ3n) is 2.10. The Labute approximate surface area is 98.3 Å². The first-order chi connectivity index (χ1) is 7.72. The summed E-state index contributed by atoms with van der Waals surface area (Å²) < 4.78 is 5.67. The molecule has 0 atom stereocenters. The van der Waals surface area contributed by atoms with Gasteiger partial charge in [-0.1, -0.05) is 32.1 Å². The molecule has 1 N–H and O–H groups in total. The molecule has 0 fully saturated rings. The summed E-state index contributed by atoms with van der Waals surface area (Å²) in [4.78, 5) is 0. The maximum absolute atomic E-state index is 5.67. The predicted molar refractivity (Wildman–Crippen MR) is 68.7 cm³/mol. The van der Waals surface area contributed by atoms with Gasteiger partial charge in [0.25, 0.3) is 0 Å². The Bertz CT molecular complexity index is 320. The van der Waals surface area contributed by atoms with Crippen LogP contribution < -0.4 is 10.1 Å². The standard InChI is InChI=1S/C14H21NO/c1-4-8-15-10-13-6-5-7-14(9-13)16-11-12(2)3/h4-7,9,12,15H,1,8,10-11H2,2-3H3. The van der Waals surface area contributed by atoms with Gasteiger partial charge in [-0.25, -0.2) is 0 Å². The monoisotopic (exact) mass is 219 g/mol. The normalized spacial score (nSPS) is 10.4. The summed E-state index contributed by atoms with van der Waals surface area (Å²) in [5.74, 6) is 1.51. The number of nitrogens with one attached hydrogen (secondary N) is 1. The molecule has 0 saturated carbocycles. The summed E-state index contributed by atoms with van der Waals surface area (Å²) in [6.07, 6.45) is 1.86. The number of hydrogen-bond donors (Lipinski definition) is 1. The Morgan fingerprint density at radius 3 is 2.94 bits per heavy atom. The third kappa shape index (κ3) is 4.99. The SMILES string of the molecule is C=CCNCc1cccc(OCC(C)C)c1. The van der Waals surface area contributed by atoms with E-state index in [-0.39, 0.29) is 0 Å². The van der Waals surface area contributed by atoms with Crippen molar-refractivity contribution in [2.45, 2.75) is 20.4 Å². The minimum Gasteiger partial charge on any atom is -0.493 e. The van der Waals surface area contributed by atoms with Crippen molar-refractivity contribution in [2.24, 2.45) is 5.92 Å². The second-order valence-corrected chi connectivity index (χ2v) is 4.27. The molecule has 0 aromatic heterocycles. The average Bonchev–Trinajstić information content (AvgIpc) is 2.27. The van der Waals surface area contributed by atoms with E-state index >= 15 is 0 Å². The quantitative estimate of drug-likeness (QED) is 0.562. The van der Waals surface area contributed by atoms with Crippen LogP contribution in [0.5, 0.6) is 5.75 Å². The average molecular weight is 219 g/mol. The van der Waals surface area contributed by atoms with Crippen LogP contribution in [0.2, 0.25) is 0 Å². The second-order valence-electron chi connectivity index (χ2n) is 4.27. The van der Waals surface area contributed by atoms with Gasteiger partial charge in [-0.05, 0) is 23.6 Å². The van der Waals surface area contributed by atoms with E-state index in [1.807, 2.05) is 18.2 Å². The molecule has 0 radical (unpaired) electrons. The lowest BCUT2D eigenvalue weighted by Gasteiger charge is -2.10. The molecular weight excluding hydrogens is 198 g/mol. The van der Waals surface area contributed by atoms with Crippen LogP contribution in [0.25, 0.3) is 0 Å². The minimum atomic E-state index is 0.558. The van der Waals surface area contributed by atoms with Gasteiger partial charge in [-0.3, -0.25) is 0 Å². The largest absolute Gasteiger partial charge is 0.493 e. The highest BCUT2D eigenvalue weighted by Crippen LogP contribution is 2.14. The van der Waals surface area contributed by atoms with Gasteiger partial charge >= 0.3 is 0 Å². The predicted octanol–water partition coefficient (Wildman–Crippen LogP) is 3.00. The van der Waals surface area contributed by atoms with Crippen LogP contribution in [0.1, 0.15) is 19.4 Å². The van der Waals surface area contributed by atoms with Gasteiger partial charge in [0.15, 0.2) is 0 Å². The van der Waals surface area contributed by atoms with Gasteiger partial charge in [0, 0.05) is 13.1 Å². The van der Waals surface area contributed by atoms with E-state index in [0.29, 0.717) is 5.92 Å². The maximum atomic E-state index is 5.67. The van der Waals surface area contributed by atoms with Gasteiger partial charge in [-0.15, -0.1) is 6.58 Å². The molecule has 1 rings (SSSR count). The fourth-order valence-electron chi connectivity index (χ4n) is 1.33. The second kappa shape index (κ2) is 7.07. The molecule has 88 valence electrons. The summed E-state index contributed by atoms with van der Waals surface area (Å²) in [5, 5.41) is 3.27. The van der Waals surface area contributed by atoms with Crippen molar-refractivity contribution in [3.63, 3.8) is 0 Å². The van der Waals surface area contributed by atoms with Crippen molar-refractivity contribution in [3.05, 3.63) is 42.5 Å². The topological polar surface area (TPSA) is 21.3 Å². The van der Waals surface area contributed by atoms with E-state index in [2.05, 4.69) is 37.9 Å². The fourth-order valence-corrected chi connectivity index (χ4v) is 1.33. The van der Waals surface area contributed by atoms with Crippen molar-refractivity contribution in [3.8, 4) is 5.75 Å². The highest BCUT2D eigenvalue weighted by Gasteiger charge is 1.98. The molecular formula is C14H21NO. The molecule has 2 nitrogen and oxygen atoms in total. The molecule has 2 heteroatoms. The van der Waals surface area contributed by atoms with Crippen LogP contribution >= 0.6 is 0 Å². The van der Waals surface area contributed by atoms with Crippen molar-refractivity contribution >= 4 is 0 Å². The molecule has 0 aliphatic rings. The fraction of sp³-hybridized carbons (Fsp3) is 0.429. The summed E-state index contributed by atoms with van der Waals surface area (Å²) >= 11 is 0. The molecule has 0 aliphatic carbocycles. The van der Waals surface area contributed by atoms with Crippen molar-refractivity contribution in [2.75, 3.05) is 13.2 Å². The lowest BCUT2D eigenvalue weighted by molar-refractivity contribution is 0.271. The molecule has 16 heavy (non-hydrogen) atoms. The van der Waals surface area contributed by atoms with Crippen LogP contribution in [0, 0.1) is 5.92 Å². The number of benzene rings is 1. The molecule has 1 aromatic carbocycles. The molecule has 0 aliphatic heterocycles. The lowest BCUT2D eigenvalue weighted by Crippen LogP contribution is -2.12. The molecule has 0 saturated heterocycles. The summed E-state index contributed by atoms with van der Waals surface area (Å²) in [5.41, 5.74) is 1.24. The van der Waals surface area contributed by atoms with Crippen molar-refractivity contribution < 1.29 is 4.74 Å². The van der Waals surface area contributed by atoms with E-state index in [1.165, 1.54) is 5.56 Å². The molecule has 0 bridgehead atoms. The number of hydrogen-bond acceptors (Lipinski definition) is 2. The van der Waals surface area contributed by atoms with Gasteiger partial charge in [-0.2, -0.15) is 0 Å². The Hall–Kier alpha value is -1.28. The Kier molecular flexibility index (Phi) is 5.65. The van der Waals surface area contributed by atoms with Crippen LogP contribution in [0.3, 0.4) is 0 Å². The Morgan fingerprint density at radius 2 is 2.25 bits per heavy atom.